The number of rotatable bonds is 5. The molecule has 0 unspecified atom stereocenters. The molecular weight excluding hydrogens is 234 g/mol. The van der Waals surface area contributed by atoms with E-state index >= 15 is 0 Å². The van der Waals surface area contributed by atoms with Crippen LogP contribution in [0.15, 0.2) is 11.2 Å². The van der Waals surface area contributed by atoms with Gasteiger partial charge in [0.25, 0.3) is 10.0 Å². The number of aromatic nitrogens is 2. The SMILES string of the molecule is Cc1ncc(S(=O)(=O)NC(C)(CO)CO)[nH]1. The lowest BCUT2D eigenvalue weighted by molar-refractivity contribution is 0.121. The molecule has 1 heterocycles. The van der Waals surface area contributed by atoms with Crippen LogP contribution in [0.1, 0.15) is 12.7 Å². The summed E-state index contributed by atoms with van der Waals surface area (Å²) < 4.78 is 25.7. The van der Waals surface area contributed by atoms with Gasteiger partial charge in [-0.15, -0.1) is 0 Å². The number of hydrogen-bond donors (Lipinski definition) is 4. The van der Waals surface area contributed by atoms with Gasteiger partial charge in [-0.2, -0.15) is 4.72 Å². The van der Waals surface area contributed by atoms with Gasteiger partial charge in [0.1, 0.15) is 5.82 Å². The Morgan fingerprint density at radius 2 is 2.06 bits per heavy atom. The van der Waals surface area contributed by atoms with Crippen molar-refractivity contribution in [2.75, 3.05) is 13.2 Å². The van der Waals surface area contributed by atoms with Crippen LogP contribution in [0, 0.1) is 6.92 Å². The van der Waals surface area contributed by atoms with Crippen molar-refractivity contribution >= 4 is 10.0 Å². The van der Waals surface area contributed by atoms with Crippen LogP contribution >= 0.6 is 0 Å². The van der Waals surface area contributed by atoms with Gasteiger partial charge < -0.3 is 15.2 Å². The number of sulfonamides is 1. The molecular formula is C8H15N3O4S. The monoisotopic (exact) mass is 249 g/mol. The summed E-state index contributed by atoms with van der Waals surface area (Å²) in [6, 6.07) is 0. The molecule has 0 atom stereocenters. The van der Waals surface area contributed by atoms with Crippen molar-refractivity contribution in [1.29, 1.82) is 0 Å². The Labute approximate surface area is 93.6 Å². The van der Waals surface area contributed by atoms with Gasteiger partial charge in [-0.25, -0.2) is 13.4 Å². The number of aliphatic hydroxyl groups excluding tert-OH is 2. The van der Waals surface area contributed by atoms with E-state index in [-0.39, 0.29) is 5.03 Å². The van der Waals surface area contributed by atoms with Crippen molar-refractivity contribution in [1.82, 2.24) is 14.7 Å². The zero-order chi connectivity index (χ0) is 12.4. The molecule has 8 heteroatoms. The number of aliphatic hydroxyl groups is 2. The van der Waals surface area contributed by atoms with E-state index in [9.17, 15) is 8.42 Å². The molecule has 0 radical (unpaired) electrons. The van der Waals surface area contributed by atoms with Gasteiger partial charge in [0.2, 0.25) is 0 Å². The summed E-state index contributed by atoms with van der Waals surface area (Å²) in [6.45, 7) is 2.01. The number of H-pyrrole nitrogens is 1. The van der Waals surface area contributed by atoms with E-state index in [1.165, 1.54) is 13.1 Å². The molecule has 1 aromatic heterocycles. The summed E-state index contributed by atoms with van der Waals surface area (Å²) in [4.78, 5) is 6.33. The molecule has 0 aliphatic heterocycles. The van der Waals surface area contributed by atoms with Crippen LogP contribution in [-0.2, 0) is 10.0 Å². The van der Waals surface area contributed by atoms with Crippen LogP contribution in [-0.4, -0.2) is 47.4 Å². The highest BCUT2D eigenvalue weighted by atomic mass is 32.2. The molecule has 1 rings (SSSR count). The molecule has 0 saturated carbocycles. The highest BCUT2D eigenvalue weighted by molar-refractivity contribution is 7.89. The number of nitrogens with one attached hydrogen (secondary N) is 2. The third-order valence-corrected chi connectivity index (χ3v) is 3.60. The predicted molar refractivity (Wildman–Crippen MR) is 56.2 cm³/mol. The summed E-state index contributed by atoms with van der Waals surface area (Å²) >= 11 is 0. The first-order valence-electron chi connectivity index (χ1n) is 4.60. The summed E-state index contributed by atoms with van der Waals surface area (Å²) in [5, 5.41) is 17.9. The van der Waals surface area contributed by atoms with Crippen molar-refractivity contribution in [2.24, 2.45) is 0 Å². The van der Waals surface area contributed by atoms with Crippen molar-refractivity contribution in [3.63, 3.8) is 0 Å². The van der Waals surface area contributed by atoms with Crippen molar-refractivity contribution in [2.45, 2.75) is 24.4 Å². The third-order valence-electron chi connectivity index (χ3n) is 2.05. The number of nitrogens with zero attached hydrogens (tertiary/aromatic N) is 1. The second-order valence-electron chi connectivity index (χ2n) is 3.82. The maximum Gasteiger partial charge on any atom is 0.258 e. The van der Waals surface area contributed by atoms with E-state index in [2.05, 4.69) is 14.7 Å². The lowest BCUT2D eigenvalue weighted by atomic mass is 10.1. The quantitative estimate of drug-likeness (QED) is 0.520. The van der Waals surface area contributed by atoms with E-state index in [0.29, 0.717) is 5.82 Å². The second kappa shape index (κ2) is 4.50. The van der Waals surface area contributed by atoms with Crippen molar-refractivity contribution in [3.05, 3.63) is 12.0 Å². The van der Waals surface area contributed by atoms with E-state index in [1.807, 2.05) is 0 Å². The van der Waals surface area contributed by atoms with Gasteiger partial charge >= 0.3 is 0 Å². The molecule has 0 amide bonds. The van der Waals surface area contributed by atoms with Crippen LogP contribution in [0.4, 0.5) is 0 Å². The molecule has 0 saturated heterocycles. The molecule has 0 aliphatic rings. The summed E-state index contributed by atoms with van der Waals surface area (Å²) in [6.07, 6.45) is 1.17. The molecule has 0 aromatic carbocycles. The number of aromatic amines is 1. The number of hydrogen-bond acceptors (Lipinski definition) is 5. The Hall–Kier alpha value is -0.960. The van der Waals surface area contributed by atoms with E-state index in [4.69, 9.17) is 10.2 Å². The zero-order valence-corrected chi connectivity index (χ0v) is 9.87. The average Bonchev–Trinajstić information content (AvgIpc) is 2.65. The maximum absolute atomic E-state index is 11.8. The van der Waals surface area contributed by atoms with Crippen LogP contribution in [0.25, 0.3) is 0 Å². The van der Waals surface area contributed by atoms with Gasteiger partial charge in [0.15, 0.2) is 5.03 Å². The standard InChI is InChI=1S/C8H15N3O4S/c1-6-9-3-7(10-6)16(14,15)11-8(2,4-12)5-13/h3,11-13H,4-5H2,1-2H3,(H,9,10). The van der Waals surface area contributed by atoms with Gasteiger partial charge in [-0.3, -0.25) is 0 Å². The fourth-order valence-electron chi connectivity index (χ4n) is 1.03. The summed E-state index contributed by atoms with van der Waals surface area (Å²) in [5.41, 5.74) is -1.29. The van der Waals surface area contributed by atoms with Crippen LogP contribution in [0.5, 0.6) is 0 Å². The second-order valence-corrected chi connectivity index (χ2v) is 5.47. The fourth-order valence-corrected chi connectivity index (χ4v) is 2.39. The largest absolute Gasteiger partial charge is 0.394 e. The van der Waals surface area contributed by atoms with E-state index < -0.39 is 28.8 Å². The van der Waals surface area contributed by atoms with Crippen molar-refractivity contribution < 1.29 is 18.6 Å². The molecule has 0 aliphatic carbocycles. The van der Waals surface area contributed by atoms with E-state index in [0.717, 1.165) is 0 Å². The molecule has 4 N–H and O–H groups in total. The zero-order valence-electron chi connectivity index (χ0n) is 9.06. The van der Waals surface area contributed by atoms with Crippen molar-refractivity contribution in [3.8, 4) is 0 Å². The number of imidazole rings is 1. The Morgan fingerprint density at radius 1 is 1.50 bits per heavy atom. The minimum atomic E-state index is -3.81. The maximum atomic E-state index is 11.8. The molecule has 16 heavy (non-hydrogen) atoms. The summed E-state index contributed by atoms with van der Waals surface area (Å²) in [7, 11) is -3.81. The Morgan fingerprint density at radius 3 is 2.44 bits per heavy atom. The molecule has 0 bridgehead atoms. The highest BCUT2D eigenvalue weighted by Gasteiger charge is 2.30. The lowest BCUT2D eigenvalue weighted by Crippen LogP contribution is -2.51. The molecule has 0 fully saturated rings. The van der Waals surface area contributed by atoms with Gasteiger partial charge in [0.05, 0.1) is 24.9 Å². The molecule has 0 spiro atoms. The van der Waals surface area contributed by atoms with Gasteiger partial charge in [-0.1, -0.05) is 0 Å². The van der Waals surface area contributed by atoms with Crippen LogP contribution in [0.3, 0.4) is 0 Å². The van der Waals surface area contributed by atoms with Gasteiger partial charge in [-0.05, 0) is 13.8 Å². The van der Waals surface area contributed by atoms with E-state index in [1.54, 1.807) is 6.92 Å². The highest BCUT2D eigenvalue weighted by Crippen LogP contribution is 2.10. The first-order chi connectivity index (χ1) is 7.33. The minimum absolute atomic E-state index is 0.0990. The third kappa shape index (κ3) is 2.79. The summed E-state index contributed by atoms with van der Waals surface area (Å²) in [5.74, 6) is 0.468. The Bertz CT molecular complexity index is 450. The topological polar surface area (TPSA) is 115 Å². The first kappa shape index (κ1) is 13.1. The average molecular weight is 249 g/mol. The van der Waals surface area contributed by atoms with Crippen LogP contribution < -0.4 is 4.72 Å². The molecule has 92 valence electrons. The smallest absolute Gasteiger partial charge is 0.258 e. The Balaban J connectivity index is 2.96. The Kier molecular flexibility index (Phi) is 3.68. The number of aryl methyl sites for hydroxylation is 1. The fraction of sp³-hybridized carbons (Fsp3) is 0.625. The first-order valence-corrected chi connectivity index (χ1v) is 6.08. The van der Waals surface area contributed by atoms with Crippen LogP contribution in [0.2, 0.25) is 0 Å². The normalized spacial score (nSPS) is 13.0. The predicted octanol–water partition coefficient (Wildman–Crippen LogP) is -1.26. The molecule has 7 nitrogen and oxygen atoms in total. The molecule has 1 aromatic rings. The lowest BCUT2D eigenvalue weighted by Gasteiger charge is -2.25. The minimum Gasteiger partial charge on any atom is -0.394 e. The van der Waals surface area contributed by atoms with Gasteiger partial charge in [0, 0.05) is 0 Å².